The minimum atomic E-state index is 1.00. The summed E-state index contributed by atoms with van der Waals surface area (Å²) < 4.78 is 0. The summed E-state index contributed by atoms with van der Waals surface area (Å²) in [5, 5.41) is 2.40. The molecule has 0 saturated carbocycles. The van der Waals surface area contributed by atoms with Crippen molar-refractivity contribution >= 4 is 28.8 Å². The van der Waals surface area contributed by atoms with Gasteiger partial charge in [0.15, 0.2) is 0 Å². The summed E-state index contributed by atoms with van der Waals surface area (Å²) in [6, 6.07) is 24.7. The molecule has 0 aliphatic carbocycles. The molecule has 0 aromatic heterocycles. The third-order valence-corrected chi connectivity index (χ3v) is 3.15. The van der Waals surface area contributed by atoms with Crippen LogP contribution in [0.25, 0.3) is 16.8 Å². The van der Waals surface area contributed by atoms with Crippen LogP contribution in [0.3, 0.4) is 0 Å². The van der Waals surface area contributed by atoms with Crippen molar-refractivity contribution in [3.8, 4) is 0 Å². The Labute approximate surface area is 118 Å². The first kappa shape index (κ1) is 12.4. The van der Waals surface area contributed by atoms with Gasteiger partial charge in [-0.2, -0.15) is 0 Å². The molecule has 0 radical (unpaired) electrons. The van der Waals surface area contributed by atoms with Crippen molar-refractivity contribution in [1.82, 2.24) is 0 Å². The van der Waals surface area contributed by atoms with Gasteiger partial charge in [0.2, 0.25) is 0 Å². The Morgan fingerprint density at radius 3 is 2.35 bits per heavy atom. The topological polar surface area (TPSA) is 12.4 Å². The number of nitrogens with zero attached hydrogens (tertiary/aromatic N) is 1. The van der Waals surface area contributed by atoms with E-state index in [9.17, 15) is 0 Å². The summed E-state index contributed by atoms with van der Waals surface area (Å²) in [6.07, 6.45) is 5.86. The van der Waals surface area contributed by atoms with Crippen LogP contribution in [0.15, 0.2) is 83.9 Å². The average Bonchev–Trinajstić information content (AvgIpc) is 2.53. The minimum absolute atomic E-state index is 1.00. The largest absolute Gasteiger partial charge is 0.256 e. The van der Waals surface area contributed by atoms with E-state index in [4.69, 9.17) is 0 Å². The van der Waals surface area contributed by atoms with Gasteiger partial charge in [0.25, 0.3) is 0 Å². The van der Waals surface area contributed by atoms with Crippen molar-refractivity contribution in [2.24, 2.45) is 4.99 Å². The van der Waals surface area contributed by atoms with Crippen molar-refractivity contribution in [2.45, 2.75) is 0 Å². The molecule has 3 aromatic carbocycles. The molecule has 0 amide bonds. The minimum Gasteiger partial charge on any atom is -0.256 e. The smallest absolute Gasteiger partial charge is 0.0707 e. The maximum atomic E-state index is 4.54. The fourth-order valence-electron chi connectivity index (χ4n) is 2.16. The van der Waals surface area contributed by atoms with Gasteiger partial charge in [-0.15, -0.1) is 0 Å². The first-order valence-corrected chi connectivity index (χ1v) is 6.67. The molecule has 0 N–H and O–H groups in total. The second kappa shape index (κ2) is 5.98. The number of fused-ring (bicyclic) bond motifs is 1. The lowest BCUT2D eigenvalue weighted by molar-refractivity contribution is 1.58. The second-order valence-corrected chi connectivity index (χ2v) is 4.55. The van der Waals surface area contributed by atoms with Gasteiger partial charge in [-0.25, -0.2) is 0 Å². The molecule has 0 unspecified atom stereocenters. The highest BCUT2D eigenvalue weighted by Gasteiger charge is 1.96. The van der Waals surface area contributed by atoms with Crippen molar-refractivity contribution in [2.75, 3.05) is 0 Å². The Balaban J connectivity index is 1.83. The number of benzene rings is 3. The fourth-order valence-corrected chi connectivity index (χ4v) is 2.16. The summed E-state index contributed by atoms with van der Waals surface area (Å²) in [5.74, 6) is 0. The molecule has 0 aliphatic heterocycles. The van der Waals surface area contributed by atoms with Gasteiger partial charge in [0, 0.05) is 11.6 Å². The number of aliphatic imine (C=N–C) groups is 1. The van der Waals surface area contributed by atoms with E-state index in [1.165, 1.54) is 16.3 Å². The lowest BCUT2D eigenvalue weighted by Gasteiger charge is -2.00. The number of hydrogen-bond acceptors (Lipinski definition) is 1. The molecule has 0 spiro atoms. The van der Waals surface area contributed by atoms with E-state index in [0.717, 1.165) is 5.69 Å². The van der Waals surface area contributed by atoms with Gasteiger partial charge >= 0.3 is 0 Å². The van der Waals surface area contributed by atoms with Crippen LogP contribution in [0.2, 0.25) is 0 Å². The summed E-state index contributed by atoms with van der Waals surface area (Å²) in [5.41, 5.74) is 2.18. The molecule has 0 aliphatic rings. The molecule has 20 heavy (non-hydrogen) atoms. The second-order valence-electron chi connectivity index (χ2n) is 4.55. The van der Waals surface area contributed by atoms with E-state index < -0.39 is 0 Å². The SMILES string of the molecule is C(/C=C/c1ccccc1)=Nc1cccc2ccccc12. The Bertz CT molecular complexity index is 750. The molecule has 0 atom stereocenters. The molecule has 96 valence electrons. The predicted molar refractivity (Wildman–Crippen MR) is 87.6 cm³/mol. The van der Waals surface area contributed by atoms with E-state index in [0.29, 0.717) is 0 Å². The van der Waals surface area contributed by atoms with Gasteiger partial charge in [0.05, 0.1) is 5.69 Å². The maximum Gasteiger partial charge on any atom is 0.0707 e. The Kier molecular flexibility index (Phi) is 3.70. The summed E-state index contributed by atoms with van der Waals surface area (Å²) in [4.78, 5) is 4.54. The predicted octanol–water partition coefficient (Wildman–Crippen LogP) is 5.26. The Hall–Kier alpha value is -2.67. The van der Waals surface area contributed by atoms with Gasteiger partial charge in [0.1, 0.15) is 0 Å². The highest BCUT2D eigenvalue weighted by molar-refractivity contribution is 5.94. The van der Waals surface area contributed by atoms with E-state index in [1.807, 2.05) is 54.8 Å². The molecule has 3 aromatic rings. The molecule has 0 fully saturated rings. The Morgan fingerprint density at radius 2 is 1.45 bits per heavy atom. The standard InChI is InChI=1S/C19H15N/c1-2-8-16(9-3-1)10-7-15-20-19-14-6-12-17-11-4-5-13-18(17)19/h1-15H/b10-7+,20-15?. The van der Waals surface area contributed by atoms with Crippen LogP contribution in [-0.2, 0) is 0 Å². The lowest BCUT2D eigenvalue weighted by Crippen LogP contribution is -1.74. The zero-order valence-electron chi connectivity index (χ0n) is 11.1. The van der Waals surface area contributed by atoms with Crippen molar-refractivity contribution < 1.29 is 0 Å². The van der Waals surface area contributed by atoms with Crippen LogP contribution in [0.1, 0.15) is 5.56 Å². The normalized spacial score (nSPS) is 11.6. The van der Waals surface area contributed by atoms with Crippen LogP contribution in [0.5, 0.6) is 0 Å². The van der Waals surface area contributed by atoms with E-state index in [-0.39, 0.29) is 0 Å². The van der Waals surface area contributed by atoms with E-state index in [2.05, 4.69) is 41.4 Å². The fraction of sp³-hybridized carbons (Fsp3) is 0. The zero-order chi connectivity index (χ0) is 13.6. The van der Waals surface area contributed by atoms with Crippen molar-refractivity contribution in [3.63, 3.8) is 0 Å². The molecule has 0 bridgehead atoms. The summed E-state index contributed by atoms with van der Waals surface area (Å²) in [6.45, 7) is 0. The van der Waals surface area contributed by atoms with Gasteiger partial charge in [-0.1, -0.05) is 72.8 Å². The van der Waals surface area contributed by atoms with E-state index >= 15 is 0 Å². The third kappa shape index (κ3) is 2.83. The first-order valence-electron chi connectivity index (χ1n) is 6.67. The van der Waals surface area contributed by atoms with Crippen molar-refractivity contribution in [3.05, 3.63) is 84.4 Å². The van der Waals surface area contributed by atoms with Crippen LogP contribution < -0.4 is 0 Å². The van der Waals surface area contributed by atoms with Gasteiger partial charge < -0.3 is 0 Å². The molecule has 0 saturated heterocycles. The number of allylic oxidation sites excluding steroid dienone is 1. The molecular formula is C19H15N. The summed E-state index contributed by atoms with van der Waals surface area (Å²) >= 11 is 0. The molecule has 3 rings (SSSR count). The van der Waals surface area contributed by atoms with Gasteiger partial charge in [-0.05, 0) is 23.1 Å². The van der Waals surface area contributed by atoms with Crippen LogP contribution in [-0.4, -0.2) is 6.21 Å². The lowest BCUT2D eigenvalue weighted by atomic mass is 10.1. The summed E-state index contributed by atoms with van der Waals surface area (Å²) in [7, 11) is 0. The molecular weight excluding hydrogens is 242 g/mol. The van der Waals surface area contributed by atoms with Crippen LogP contribution >= 0.6 is 0 Å². The first-order chi connectivity index (χ1) is 9.93. The molecule has 0 heterocycles. The molecule has 1 heteroatoms. The Morgan fingerprint density at radius 1 is 0.700 bits per heavy atom. The van der Waals surface area contributed by atoms with Crippen LogP contribution in [0.4, 0.5) is 5.69 Å². The molecule has 1 nitrogen and oxygen atoms in total. The van der Waals surface area contributed by atoms with Gasteiger partial charge in [-0.3, -0.25) is 4.99 Å². The highest BCUT2D eigenvalue weighted by atomic mass is 14.7. The number of hydrogen-bond donors (Lipinski definition) is 0. The van der Waals surface area contributed by atoms with E-state index in [1.54, 1.807) is 0 Å². The third-order valence-electron chi connectivity index (χ3n) is 3.15. The quantitative estimate of drug-likeness (QED) is 0.568. The average molecular weight is 257 g/mol. The highest BCUT2D eigenvalue weighted by Crippen LogP contribution is 2.25. The zero-order valence-corrected chi connectivity index (χ0v) is 11.1. The van der Waals surface area contributed by atoms with Crippen LogP contribution in [0, 0.1) is 0 Å². The maximum absolute atomic E-state index is 4.54. The number of rotatable bonds is 3. The van der Waals surface area contributed by atoms with Crippen molar-refractivity contribution in [1.29, 1.82) is 0 Å². The monoisotopic (exact) mass is 257 g/mol.